The summed E-state index contributed by atoms with van der Waals surface area (Å²) < 4.78 is 12.7. The van der Waals surface area contributed by atoms with Gasteiger partial charge >= 0.3 is 11.9 Å². The number of phenolic OH excluding ortho intramolecular Hbond substituents is 1. The van der Waals surface area contributed by atoms with Crippen molar-refractivity contribution >= 4 is 17.5 Å². The highest BCUT2D eigenvalue weighted by Crippen LogP contribution is 2.72. The van der Waals surface area contributed by atoms with Gasteiger partial charge in [-0.05, 0) is 153 Å². The van der Waals surface area contributed by atoms with Crippen LogP contribution in [0.15, 0.2) is 88.9 Å². The molecule has 0 amide bonds. The van der Waals surface area contributed by atoms with Crippen molar-refractivity contribution in [2.45, 2.75) is 91.4 Å². The van der Waals surface area contributed by atoms with Crippen LogP contribution in [0, 0.1) is 40.9 Å². The molecule has 0 aromatic heterocycles. The molecular weight excluding hydrogens is 634 g/mol. The van der Waals surface area contributed by atoms with E-state index in [2.05, 4.69) is 50.4 Å². The Bertz CT molecular complexity index is 1830. The van der Waals surface area contributed by atoms with E-state index in [0.29, 0.717) is 17.4 Å². The smallest absolute Gasteiger partial charge is 0.340 e. The Labute approximate surface area is 303 Å². The number of benzene rings is 2. The first-order chi connectivity index (χ1) is 24.8. The number of cyclic esters (lactones) is 2. The summed E-state index contributed by atoms with van der Waals surface area (Å²) in [5, 5.41) is 14.4. The maximum absolute atomic E-state index is 14.5. The van der Waals surface area contributed by atoms with Crippen molar-refractivity contribution in [1.82, 2.24) is 5.32 Å². The Kier molecular flexibility index (Phi) is 9.33. The number of carbonyl (C=O) groups excluding carboxylic acids is 2. The number of fused-ring (bicyclic) bond motifs is 1. The minimum atomic E-state index is -0.749. The number of aromatic hydroxyl groups is 1. The van der Waals surface area contributed by atoms with Gasteiger partial charge < -0.3 is 19.9 Å². The predicted molar refractivity (Wildman–Crippen MR) is 200 cm³/mol. The van der Waals surface area contributed by atoms with E-state index >= 15 is 0 Å². The molecule has 0 radical (unpaired) electrons. The molecule has 9 rings (SSSR count). The molecule has 4 aliphatic carbocycles. The van der Waals surface area contributed by atoms with E-state index in [4.69, 9.17) is 9.47 Å². The highest BCUT2D eigenvalue weighted by Gasteiger charge is 2.68. The molecule has 7 aliphatic rings. The van der Waals surface area contributed by atoms with Crippen molar-refractivity contribution in [1.29, 1.82) is 0 Å². The molecule has 6 heteroatoms. The number of esters is 2. The number of allylic oxidation sites excluding steroid dienone is 5. The molecule has 1 spiro atoms. The molecular formula is C45H53NO5. The second-order valence-electron chi connectivity index (χ2n) is 16.4. The van der Waals surface area contributed by atoms with Gasteiger partial charge in [-0.25, -0.2) is 9.59 Å². The van der Waals surface area contributed by atoms with Gasteiger partial charge in [0.05, 0.1) is 11.0 Å². The van der Waals surface area contributed by atoms with Crippen LogP contribution in [-0.2, 0) is 19.1 Å². The van der Waals surface area contributed by atoms with E-state index in [9.17, 15) is 14.7 Å². The first-order valence-corrected chi connectivity index (χ1v) is 19.7. The van der Waals surface area contributed by atoms with Crippen molar-refractivity contribution in [3.8, 4) is 16.9 Å². The fourth-order valence-electron chi connectivity index (χ4n) is 10.6. The molecule has 5 atom stereocenters. The second-order valence-corrected chi connectivity index (χ2v) is 16.4. The van der Waals surface area contributed by atoms with Gasteiger partial charge in [-0.1, -0.05) is 63.6 Å². The van der Waals surface area contributed by atoms with Crippen LogP contribution >= 0.6 is 0 Å². The van der Waals surface area contributed by atoms with Gasteiger partial charge in [-0.3, -0.25) is 0 Å². The van der Waals surface area contributed by atoms with Gasteiger partial charge in [-0.2, -0.15) is 0 Å². The van der Waals surface area contributed by atoms with Crippen LogP contribution in [0.2, 0.25) is 0 Å². The van der Waals surface area contributed by atoms with Crippen LogP contribution in [0.5, 0.6) is 5.75 Å². The summed E-state index contributed by atoms with van der Waals surface area (Å²) in [6.45, 7) is 8.89. The molecule has 2 saturated heterocycles. The third kappa shape index (κ3) is 5.92. The number of nitrogens with one attached hydrogen (secondary N) is 1. The maximum Gasteiger partial charge on any atom is 0.340 e. The predicted octanol–water partition coefficient (Wildman–Crippen LogP) is 9.67. The van der Waals surface area contributed by atoms with Crippen LogP contribution in [0.3, 0.4) is 0 Å². The van der Waals surface area contributed by atoms with Gasteiger partial charge in [0, 0.05) is 17.1 Å². The standard InChI is InChI=1S/C45H53NO5/c1-4-28(14-13-27(2)3)25-38-45-22-19-33(39(42(45)44(49)51-38)36-26-31(47)15-16-32(36)30-10-6-5-7-11-30)34-17-18-35-37(50-43(48)40(35)41(34)45)12-8-9-29-20-23-46-24-21-29/h5-7,10-12,15-16,25-29,33-34,41,46-47H,4,8-9,13-14,17-24H2,1-3H3/t28-,33+,34+,41+,45+/m0/s1. The van der Waals surface area contributed by atoms with Crippen LogP contribution in [0.25, 0.3) is 16.7 Å². The topological polar surface area (TPSA) is 84.9 Å². The maximum atomic E-state index is 14.5. The number of rotatable bonds is 10. The van der Waals surface area contributed by atoms with E-state index < -0.39 is 5.41 Å². The lowest BCUT2D eigenvalue weighted by Crippen LogP contribution is -2.52. The zero-order valence-corrected chi connectivity index (χ0v) is 30.5. The van der Waals surface area contributed by atoms with E-state index in [1.807, 2.05) is 30.3 Å². The van der Waals surface area contributed by atoms with Gasteiger partial charge in [0.2, 0.25) is 0 Å². The number of hydrogen-bond acceptors (Lipinski definition) is 6. The molecule has 3 fully saturated rings. The average Bonchev–Trinajstić information content (AvgIpc) is 3.63. The van der Waals surface area contributed by atoms with Crippen molar-refractivity contribution < 1.29 is 24.2 Å². The first-order valence-electron chi connectivity index (χ1n) is 19.7. The summed E-state index contributed by atoms with van der Waals surface area (Å²) in [6.07, 6.45) is 15.3. The van der Waals surface area contributed by atoms with Crippen molar-refractivity contribution in [2.24, 2.45) is 40.9 Å². The Hall–Kier alpha value is -3.90. The van der Waals surface area contributed by atoms with Gasteiger partial charge in [0.25, 0.3) is 0 Å². The molecule has 6 nitrogen and oxygen atoms in total. The van der Waals surface area contributed by atoms with Crippen molar-refractivity contribution in [3.63, 3.8) is 0 Å². The molecule has 3 aliphatic heterocycles. The SMILES string of the molecule is CC[C@H](C=C1OC(=O)C2=C(c3cc(O)ccc3-c3ccccc3)[C@@H]3CC[C@]12[C@H]1C2=C(CC[C@H]31)C(=CCCC1CCNCC1)OC2=O)CCC(C)C. The number of ether oxygens (including phenoxy) is 2. The molecule has 2 aromatic rings. The molecule has 3 heterocycles. The van der Waals surface area contributed by atoms with E-state index in [0.717, 1.165) is 116 Å². The molecule has 268 valence electrons. The minimum absolute atomic E-state index is 0.0562. The normalized spacial score (nSPS) is 29.5. The summed E-state index contributed by atoms with van der Waals surface area (Å²) in [5.41, 5.74) is 5.76. The number of carbonyl (C=O) groups is 2. The third-order valence-electron chi connectivity index (χ3n) is 13.1. The summed E-state index contributed by atoms with van der Waals surface area (Å²) in [4.78, 5) is 28.7. The van der Waals surface area contributed by atoms with E-state index in [1.165, 1.54) is 12.8 Å². The zero-order chi connectivity index (χ0) is 35.3. The van der Waals surface area contributed by atoms with Gasteiger partial charge in [-0.15, -0.1) is 0 Å². The van der Waals surface area contributed by atoms with Gasteiger partial charge in [0.15, 0.2) is 0 Å². The Morgan fingerprint density at radius 2 is 1.75 bits per heavy atom. The highest BCUT2D eigenvalue weighted by atomic mass is 16.5. The number of piperidine rings is 1. The minimum Gasteiger partial charge on any atom is -0.508 e. The summed E-state index contributed by atoms with van der Waals surface area (Å²) in [6, 6.07) is 15.8. The summed E-state index contributed by atoms with van der Waals surface area (Å²) >= 11 is 0. The average molecular weight is 688 g/mol. The van der Waals surface area contributed by atoms with Crippen LogP contribution < -0.4 is 5.32 Å². The monoisotopic (exact) mass is 687 g/mol. The van der Waals surface area contributed by atoms with Crippen LogP contribution in [0.4, 0.5) is 0 Å². The Morgan fingerprint density at radius 1 is 0.941 bits per heavy atom. The van der Waals surface area contributed by atoms with Crippen LogP contribution in [0.1, 0.15) is 97.0 Å². The number of phenols is 1. The second kappa shape index (κ2) is 13.9. The lowest BCUT2D eigenvalue weighted by atomic mass is 9.44. The fourth-order valence-corrected chi connectivity index (χ4v) is 10.6. The van der Waals surface area contributed by atoms with E-state index in [-0.39, 0.29) is 41.4 Å². The first kappa shape index (κ1) is 34.2. The van der Waals surface area contributed by atoms with Crippen molar-refractivity contribution in [2.75, 3.05) is 13.1 Å². The molecule has 1 saturated carbocycles. The van der Waals surface area contributed by atoms with E-state index in [1.54, 1.807) is 6.07 Å². The Morgan fingerprint density at radius 3 is 2.51 bits per heavy atom. The quantitative estimate of drug-likeness (QED) is 0.242. The molecule has 2 N–H and O–H groups in total. The third-order valence-corrected chi connectivity index (χ3v) is 13.1. The molecule has 2 bridgehead atoms. The van der Waals surface area contributed by atoms with Crippen LogP contribution in [-0.4, -0.2) is 30.1 Å². The highest BCUT2D eigenvalue weighted by molar-refractivity contribution is 6.07. The fraction of sp³-hybridized carbons (Fsp3) is 0.511. The zero-order valence-electron chi connectivity index (χ0n) is 30.5. The van der Waals surface area contributed by atoms with Gasteiger partial charge in [0.1, 0.15) is 17.3 Å². The molecule has 51 heavy (non-hydrogen) atoms. The summed E-state index contributed by atoms with van der Waals surface area (Å²) in [5.74, 6) is 2.74. The Balaban J connectivity index is 1.28. The largest absolute Gasteiger partial charge is 0.508 e. The number of hydrogen-bond donors (Lipinski definition) is 2. The summed E-state index contributed by atoms with van der Waals surface area (Å²) in [7, 11) is 0. The molecule has 0 unspecified atom stereocenters. The lowest BCUT2D eigenvalue weighted by molar-refractivity contribution is -0.135. The lowest BCUT2D eigenvalue weighted by Gasteiger charge is -2.56. The van der Waals surface area contributed by atoms with Crippen molar-refractivity contribution in [3.05, 3.63) is 94.5 Å². The molecule has 2 aromatic carbocycles.